The molecule has 2 aromatic heterocycles. The Bertz CT molecular complexity index is 385. The zero-order valence-electron chi connectivity index (χ0n) is 8.63. The van der Waals surface area contributed by atoms with E-state index in [1.54, 1.807) is 17.5 Å². The molecule has 0 saturated heterocycles. The van der Waals surface area contributed by atoms with Gasteiger partial charge in [0.2, 0.25) is 0 Å². The predicted octanol–water partition coefficient (Wildman–Crippen LogP) is 2.17. The molecule has 0 spiro atoms. The average molecular weight is 219 g/mol. The number of aromatic nitrogens is 2. The largest absolute Gasteiger partial charge is 0.297 e. The highest BCUT2D eigenvalue weighted by Crippen LogP contribution is 2.10. The fourth-order valence-corrected chi connectivity index (χ4v) is 2.12. The Balaban J connectivity index is 1.90. The van der Waals surface area contributed by atoms with Crippen LogP contribution < -0.4 is 0 Å². The molecule has 0 aliphatic heterocycles. The van der Waals surface area contributed by atoms with Crippen molar-refractivity contribution in [3.63, 3.8) is 0 Å². The molecule has 0 aliphatic rings. The van der Waals surface area contributed by atoms with E-state index < -0.39 is 0 Å². The number of pyridine rings is 1. The van der Waals surface area contributed by atoms with Crippen molar-refractivity contribution in [1.29, 1.82) is 0 Å². The highest BCUT2D eigenvalue weighted by atomic mass is 32.1. The summed E-state index contributed by atoms with van der Waals surface area (Å²) >= 11 is 1.69. The lowest BCUT2D eigenvalue weighted by atomic mass is 10.3. The van der Waals surface area contributed by atoms with Crippen LogP contribution in [0.1, 0.15) is 10.4 Å². The topological polar surface area (TPSA) is 29.0 Å². The average Bonchev–Trinajstić information content (AvgIpc) is 2.71. The molecule has 2 rings (SSSR count). The van der Waals surface area contributed by atoms with Gasteiger partial charge in [0.15, 0.2) is 0 Å². The van der Waals surface area contributed by atoms with Crippen molar-refractivity contribution in [2.24, 2.45) is 0 Å². The van der Waals surface area contributed by atoms with E-state index in [1.165, 1.54) is 10.4 Å². The van der Waals surface area contributed by atoms with Crippen LogP contribution in [0.5, 0.6) is 0 Å². The number of rotatable bonds is 4. The minimum absolute atomic E-state index is 0.922. The summed E-state index contributed by atoms with van der Waals surface area (Å²) < 4.78 is 0. The molecule has 0 saturated carbocycles. The number of hydrogen-bond acceptors (Lipinski definition) is 4. The Labute approximate surface area is 93.4 Å². The summed E-state index contributed by atoms with van der Waals surface area (Å²) in [6.45, 7) is 1.87. The highest BCUT2D eigenvalue weighted by molar-refractivity contribution is 7.09. The summed E-state index contributed by atoms with van der Waals surface area (Å²) in [5, 5.41) is 0. The Morgan fingerprint density at radius 3 is 2.87 bits per heavy atom. The molecule has 0 unspecified atom stereocenters. The van der Waals surface area contributed by atoms with Crippen LogP contribution in [0, 0.1) is 0 Å². The van der Waals surface area contributed by atoms with E-state index in [4.69, 9.17) is 0 Å². The molecule has 3 nitrogen and oxygen atoms in total. The first-order chi connectivity index (χ1) is 7.34. The smallest absolute Gasteiger partial charge is 0.0794 e. The molecule has 0 aromatic carbocycles. The maximum atomic E-state index is 4.10. The van der Waals surface area contributed by atoms with Gasteiger partial charge in [-0.1, -0.05) is 6.07 Å². The molecule has 0 radical (unpaired) electrons. The molecular formula is C11H13N3S. The van der Waals surface area contributed by atoms with Crippen LogP contribution in [-0.2, 0) is 13.1 Å². The lowest BCUT2D eigenvalue weighted by Gasteiger charge is -2.14. The van der Waals surface area contributed by atoms with Gasteiger partial charge in [-0.05, 0) is 18.7 Å². The van der Waals surface area contributed by atoms with Gasteiger partial charge in [-0.15, -0.1) is 11.3 Å². The number of nitrogens with zero attached hydrogens (tertiary/aromatic N) is 3. The van der Waals surface area contributed by atoms with E-state index in [0.29, 0.717) is 0 Å². The van der Waals surface area contributed by atoms with Crippen molar-refractivity contribution in [2.75, 3.05) is 7.05 Å². The normalized spacial score (nSPS) is 10.8. The number of thiazole rings is 1. The van der Waals surface area contributed by atoms with Crippen molar-refractivity contribution in [3.05, 3.63) is 46.7 Å². The Morgan fingerprint density at radius 2 is 2.20 bits per heavy atom. The molecule has 0 amide bonds. The molecule has 0 aliphatic carbocycles. The first-order valence-electron chi connectivity index (χ1n) is 4.79. The number of hydrogen-bond donors (Lipinski definition) is 0. The zero-order valence-corrected chi connectivity index (χ0v) is 9.44. The zero-order chi connectivity index (χ0) is 10.5. The van der Waals surface area contributed by atoms with E-state index in [9.17, 15) is 0 Å². The summed E-state index contributed by atoms with van der Waals surface area (Å²) in [5.41, 5.74) is 3.11. The molecular weight excluding hydrogens is 206 g/mol. The van der Waals surface area contributed by atoms with Crippen LogP contribution in [0.25, 0.3) is 0 Å². The van der Waals surface area contributed by atoms with Gasteiger partial charge in [0, 0.05) is 36.6 Å². The van der Waals surface area contributed by atoms with Gasteiger partial charge >= 0.3 is 0 Å². The fraction of sp³-hybridized carbons (Fsp3) is 0.273. The molecule has 0 atom stereocenters. The molecule has 2 aromatic rings. The van der Waals surface area contributed by atoms with Gasteiger partial charge in [-0.25, -0.2) is 0 Å². The van der Waals surface area contributed by atoms with Crippen LogP contribution in [0.4, 0.5) is 0 Å². The quantitative estimate of drug-likeness (QED) is 0.789. The maximum absolute atomic E-state index is 4.10. The van der Waals surface area contributed by atoms with Gasteiger partial charge in [-0.2, -0.15) is 0 Å². The fourth-order valence-electron chi connectivity index (χ4n) is 1.45. The van der Waals surface area contributed by atoms with Gasteiger partial charge in [0.1, 0.15) is 0 Å². The summed E-state index contributed by atoms with van der Waals surface area (Å²) in [4.78, 5) is 11.7. The summed E-state index contributed by atoms with van der Waals surface area (Å²) in [5.74, 6) is 0. The standard InChI is InChI=1S/C11H13N3S/c1-14(8-11-6-13-9-15-11)7-10-3-2-4-12-5-10/h2-6,9H,7-8H2,1H3. The maximum Gasteiger partial charge on any atom is 0.0794 e. The summed E-state index contributed by atoms with van der Waals surface area (Å²) in [6.07, 6.45) is 5.63. The van der Waals surface area contributed by atoms with Crippen LogP contribution in [0.2, 0.25) is 0 Å². The van der Waals surface area contributed by atoms with E-state index in [2.05, 4.69) is 28.0 Å². The minimum atomic E-state index is 0.922. The van der Waals surface area contributed by atoms with E-state index >= 15 is 0 Å². The predicted molar refractivity (Wildman–Crippen MR) is 61.5 cm³/mol. The van der Waals surface area contributed by atoms with Gasteiger partial charge < -0.3 is 0 Å². The van der Waals surface area contributed by atoms with Crippen molar-refractivity contribution >= 4 is 11.3 Å². The lowest BCUT2D eigenvalue weighted by Crippen LogP contribution is -2.16. The van der Waals surface area contributed by atoms with Crippen molar-refractivity contribution < 1.29 is 0 Å². The van der Waals surface area contributed by atoms with Gasteiger partial charge in [0.25, 0.3) is 0 Å². The Morgan fingerprint density at radius 1 is 1.27 bits per heavy atom. The molecule has 2 heterocycles. The van der Waals surface area contributed by atoms with Gasteiger partial charge in [0.05, 0.1) is 5.51 Å². The Kier molecular flexibility index (Phi) is 3.42. The highest BCUT2D eigenvalue weighted by Gasteiger charge is 2.02. The molecule has 0 N–H and O–H groups in total. The second-order valence-electron chi connectivity index (χ2n) is 3.50. The van der Waals surface area contributed by atoms with E-state index in [0.717, 1.165) is 13.1 Å². The van der Waals surface area contributed by atoms with Crippen LogP contribution >= 0.6 is 11.3 Å². The molecule has 15 heavy (non-hydrogen) atoms. The SMILES string of the molecule is CN(Cc1cccnc1)Cc1cncs1. The van der Waals surface area contributed by atoms with Crippen molar-refractivity contribution in [3.8, 4) is 0 Å². The monoisotopic (exact) mass is 219 g/mol. The van der Waals surface area contributed by atoms with Crippen LogP contribution in [0.3, 0.4) is 0 Å². The minimum Gasteiger partial charge on any atom is -0.297 e. The Hall–Kier alpha value is -1.26. The van der Waals surface area contributed by atoms with E-state index in [1.807, 2.05) is 24.0 Å². The van der Waals surface area contributed by atoms with Crippen molar-refractivity contribution in [2.45, 2.75) is 13.1 Å². The van der Waals surface area contributed by atoms with Gasteiger partial charge in [-0.3, -0.25) is 14.9 Å². The third-order valence-electron chi connectivity index (χ3n) is 2.08. The lowest BCUT2D eigenvalue weighted by molar-refractivity contribution is 0.321. The second-order valence-corrected chi connectivity index (χ2v) is 4.47. The molecule has 78 valence electrons. The molecule has 4 heteroatoms. The van der Waals surface area contributed by atoms with Crippen molar-refractivity contribution in [1.82, 2.24) is 14.9 Å². The first-order valence-corrected chi connectivity index (χ1v) is 5.67. The van der Waals surface area contributed by atoms with Crippen LogP contribution in [-0.4, -0.2) is 21.9 Å². The molecule has 0 bridgehead atoms. The third-order valence-corrected chi connectivity index (χ3v) is 2.85. The second kappa shape index (κ2) is 5.00. The summed E-state index contributed by atoms with van der Waals surface area (Å²) in [6, 6.07) is 4.06. The molecule has 0 fully saturated rings. The third kappa shape index (κ3) is 3.11. The first kappa shape index (κ1) is 10.3. The van der Waals surface area contributed by atoms with E-state index in [-0.39, 0.29) is 0 Å². The van der Waals surface area contributed by atoms with Crippen LogP contribution in [0.15, 0.2) is 36.2 Å². The summed E-state index contributed by atoms with van der Waals surface area (Å²) in [7, 11) is 2.10.